The van der Waals surface area contributed by atoms with E-state index in [-0.39, 0.29) is 5.91 Å². The van der Waals surface area contributed by atoms with Gasteiger partial charge in [0, 0.05) is 31.9 Å². The van der Waals surface area contributed by atoms with Crippen molar-refractivity contribution in [1.82, 2.24) is 9.80 Å². The normalized spacial score (nSPS) is 18.5. The molecule has 2 aromatic carbocycles. The van der Waals surface area contributed by atoms with E-state index in [1.54, 1.807) is 11.0 Å². The van der Waals surface area contributed by atoms with Gasteiger partial charge in [0.1, 0.15) is 16.7 Å². The van der Waals surface area contributed by atoms with Gasteiger partial charge in [-0.05, 0) is 48.4 Å². The molecule has 0 aliphatic carbocycles. The number of benzene rings is 2. The highest BCUT2D eigenvalue weighted by Gasteiger charge is 2.33. The molecule has 1 amide bonds. The van der Waals surface area contributed by atoms with E-state index in [1.807, 2.05) is 30.3 Å². The van der Waals surface area contributed by atoms with Crippen LogP contribution in [0.2, 0.25) is 0 Å². The van der Waals surface area contributed by atoms with Crippen LogP contribution in [0.1, 0.15) is 11.1 Å². The average molecular weight is 466 g/mol. The standard InChI is InChI=1S/C25H27N3O2S2/c1-3-15-30-22-9-7-20(8-10-22)17-23-24(29)28(25(31)32-23)18-26-11-13-27(14-12-26)21-6-4-5-19(2)16-21/h3-10,16-17H,1,11-15,18H2,2H3/b23-17+. The molecule has 0 saturated carbocycles. The number of carbonyl (C=O) groups is 1. The van der Waals surface area contributed by atoms with Crippen LogP contribution >= 0.6 is 24.0 Å². The minimum atomic E-state index is -0.0203. The highest BCUT2D eigenvalue weighted by Crippen LogP contribution is 2.33. The van der Waals surface area contributed by atoms with E-state index in [0.29, 0.717) is 22.5 Å². The van der Waals surface area contributed by atoms with Crippen molar-refractivity contribution in [2.75, 3.05) is 44.4 Å². The van der Waals surface area contributed by atoms with Crippen LogP contribution in [0.15, 0.2) is 66.1 Å². The molecular weight excluding hydrogens is 438 g/mol. The van der Waals surface area contributed by atoms with Crippen LogP contribution in [0.25, 0.3) is 6.08 Å². The summed E-state index contributed by atoms with van der Waals surface area (Å²) in [5.41, 5.74) is 3.48. The van der Waals surface area contributed by atoms with Crippen molar-refractivity contribution in [2.24, 2.45) is 0 Å². The number of hydrogen-bond acceptors (Lipinski definition) is 6. The Labute approximate surface area is 199 Å². The number of thioether (sulfide) groups is 1. The van der Waals surface area contributed by atoms with E-state index in [2.05, 4.69) is 47.6 Å². The lowest BCUT2D eigenvalue weighted by molar-refractivity contribution is -0.123. The quantitative estimate of drug-likeness (QED) is 0.339. The van der Waals surface area contributed by atoms with Gasteiger partial charge in [0.15, 0.2) is 0 Å². The smallest absolute Gasteiger partial charge is 0.267 e. The van der Waals surface area contributed by atoms with Gasteiger partial charge >= 0.3 is 0 Å². The minimum Gasteiger partial charge on any atom is -0.490 e. The van der Waals surface area contributed by atoms with Crippen molar-refractivity contribution >= 4 is 46.0 Å². The first kappa shape index (κ1) is 22.6. The second-order valence-corrected chi connectivity index (χ2v) is 9.54. The van der Waals surface area contributed by atoms with Gasteiger partial charge in [0.05, 0.1) is 11.6 Å². The Morgan fingerprint density at radius 1 is 1.12 bits per heavy atom. The highest BCUT2D eigenvalue weighted by molar-refractivity contribution is 8.26. The summed E-state index contributed by atoms with van der Waals surface area (Å²) in [4.78, 5) is 20.1. The summed E-state index contributed by atoms with van der Waals surface area (Å²) in [6.45, 7) is 10.5. The third kappa shape index (κ3) is 5.41. The average Bonchev–Trinajstić information content (AvgIpc) is 3.06. The molecule has 0 spiro atoms. The summed E-state index contributed by atoms with van der Waals surface area (Å²) >= 11 is 6.89. The Kier molecular flexibility index (Phi) is 7.29. The van der Waals surface area contributed by atoms with Crippen molar-refractivity contribution in [3.63, 3.8) is 0 Å². The minimum absolute atomic E-state index is 0.0203. The molecule has 2 saturated heterocycles. The number of nitrogens with zero attached hydrogens (tertiary/aromatic N) is 3. The molecule has 0 atom stereocenters. The molecule has 2 aromatic rings. The molecule has 2 fully saturated rings. The summed E-state index contributed by atoms with van der Waals surface area (Å²) in [5.74, 6) is 0.757. The molecule has 5 nitrogen and oxygen atoms in total. The Morgan fingerprint density at radius 3 is 2.56 bits per heavy atom. The van der Waals surface area contributed by atoms with Gasteiger partial charge < -0.3 is 9.64 Å². The lowest BCUT2D eigenvalue weighted by atomic mass is 10.2. The van der Waals surface area contributed by atoms with Gasteiger partial charge in [0.25, 0.3) is 5.91 Å². The predicted octanol–water partition coefficient (Wildman–Crippen LogP) is 4.54. The molecule has 0 unspecified atom stereocenters. The van der Waals surface area contributed by atoms with E-state index in [1.165, 1.54) is 23.0 Å². The van der Waals surface area contributed by atoms with E-state index in [4.69, 9.17) is 17.0 Å². The molecule has 2 aliphatic rings. The van der Waals surface area contributed by atoms with Crippen LogP contribution in [-0.2, 0) is 4.79 Å². The number of amides is 1. The van der Waals surface area contributed by atoms with Crippen molar-refractivity contribution < 1.29 is 9.53 Å². The van der Waals surface area contributed by atoms with Crippen LogP contribution in [0.5, 0.6) is 5.75 Å². The fourth-order valence-electron chi connectivity index (χ4n) is 3.76. The van der Waals surface area contributed by atoms with Crippen LogP contribution in [0, 0.1) is 6.92 Å². The first-order chi connectivity index (χ1) is 15.5. The van der Waals surface area contributed by atoms with Gasteiger partial charge in [-0.15, -0.1) is 0 Å². The van der Waals surface area contributed by atoms with Crippen LogP contribution in [0.4, 0.5) is 5.69 Å². The zero-order valence-electron chi connectivity index (χ0n) is 18.2. The summed E-state index contributed by atoms with van der Waals surface area (Å²) in [6.07, 6.45) is 3.61. The number of rotatable bonds is 7. The Morgan fingerprint density at radius 2 is 1.88 bits per heavy atom. The summed E-state index contributed by atoms with van der Waals surface area (Å²) in [7, 11) is 0. The molecule has 0 N–H and O–H groups in total. The molecule has 7 heteroatoms. The molecule has 32 heavy (non-hydrogen) atoms. The molecule has 0 bridgehead atoms. The second-order valence-electron chi connectivity index (χ2n) is 7.86. The summed E-state index contributed by atoms with van der Waals surface area (Å²) in [5, 5.41) is 0. The van der Waals surface area contributed by atoms with Gasteiger partial charge in [-0.3, -0.25) is 14.6 Å². The van der Waals surface area contributed by atoms with Crippen LogP contribution in [-0.4, -0.2) is 59.5 Å². The molecular formula is C25H27N3O2S2. The number of piperazine rings is 1. The number of hydrogen-bond donors (Lipinski definition) is 0. The molecule has 166 valence electrons. The monoisotopic (exact) mass is 465 g/mol. The maximum Gasteiger partial charge on any atom is 0.267 e. The third-order valence-electron chi connectivity index (χ3n) is 5.50. The first-order valence-electron chi connectivity index (χ1n) is 10.7. The van der Waals surface area contributed by atoms with E-state index in [0.717, 1.165) is 37.5 Å². The number of thiocarbonyl (C=S) groups is 1. The Bertz CT molecular complexity index is 1030. The predicted molar refractivity (Wildman–Crippen MR) is 137 cm³/mol. The molecule has 2 heterocycles. The SMILES string of the molecule is C=CCOc1ccc(/C=C2/SC(=S)N(CN3CCN(c4cccc(C)c4)CC3)C2=O)cc1. The Hall–Kier alpha value is -2.61. The van der Waals surface area contributed by atoms with Gasteiger partial charge in [-0.1, -0.05) is 60.9 Å². The number of ether oxygens (including phenoxy) is 1. The summed E-state index contributed by atoms with van der Waals surface area (Å²) < 4.78 is 6.13. The van der Waals surface area contributed by atoms with Crippen LogP contribution < -0.4 is 9.64 Å². The fourth-order valence-corrected chi connectivity index (χ4v) is 5.00. The summed E-state index contributed by atoms with van der Waals surface area (Å²) in [6, 6.07) is 16.3. The van der Waals surface area contributed by atoms with Crippen molar-refractivity contribution in [3.8, 4) is 5.75 Å². The lowest BCUT2D eigenvalue weighted by Crippen LogP contribution is -2.50. The number of aryl methyl sites for hydroxylation is 1. The van der Waals surface area contributed by atoms with Crippen molar-refractivity contribution in [3.05, 3.63) is 77.2 Å². The van der Waals surface area contributed by atoms with Gasteiger partial charge in [-0.2, -0.15) is 0 Å². The van der Waals surface area contributed by atoms with Crippen LogP contribution in [0.3, 0.4) is 0 Å². The maximum atomic E-state index is 13.0. The van der Waals surface area contributed by atoms with Gasteiger partial charge in [-0.25, -0.2) is 0 Å². The van der Waals surface area contributed by atoms with Gasteiger partial charge in [0.2, 0.25) is 0 Å². The topological polar surface area (TPSA) is 36.0 Å². The van der Waals surface area contributed by atoms with E-state index < -0.39 is 0 Å². The van der Waals surface area contributed by atoms with E-state index >= 15 is 0 Å². The molecule has 4 rings (SSSR count). The second kappa shape index (κ2) is 10.3. The zero-order chi connectivity index (χ0) is 22.5. The number of carbonyl (C=O) groups excluding carboxylic acids is 1. The maximum absolute atomic E-state index is 13.0. The molecule has 0 radical (unpaired) electrons. The molecule has 2 aliphatic heterocycles. The Balaban J connectivity index is 1.34. The third-order valence-corrected chi connectivity index (χ3v) is 6.88. The highest BCUT2D eigenvalue weighted by atomic mass is 32.2. The first-order valence-corrected chi connectivity index (χ1v) is 11.9. The molecule has 0 aromatic heterocycles. The van der Waals surface area contributed by atoms with Crippen molar-refractivity contribution in [1.29, 1.82) is 0 Å². The zero-order valence-corrected chi connectivity index (χ0v) is 19.8. The fraction of sp³-hybridized carbons (Fsp3) is 0.280. The van der Waals surface area contributed by atoms with Crippen molar-refractivity contribution in [2.45, 2.75) is 6.92 Å². The number of anilines is 1. The lowest BCUT2D eigenvalue weighted by Gasteiger charge is -2.37. The van der Waals surface area contributed by atoms with E-state index in [9.17, 15) is 4.79 Å². The largest absolute Gasteiger partial charge is 0.490 e.